The van der Waals surface area contributed by atoms with E-state index in [9.17, 15) is 9.67 Å². The van der Waals surface area contributed by atoms with Gasteiger partial charge in [-0.15, -0.1) is 0 Å². The molecule has 9 heteroatoms. The van der Waals surface area contributed by atoms with Crippen molar-refractivity contribution in [3.05, 3.63) is 0 Å². The van der Waals surface area contributed by atoms with Crippen molar-refractivity contribution in [3.8, 4) is 0 Å². The highest BCUT2D eigenvalue weighted by Gasteiger charge is 2.27. The van der Waals surface area contributed by atoms with Crippen LogP contribution in [0.1, 0.15) is 103 Å². The minimum absolute atomic E-state index is 0.0972. The molecule has 30 heavy (non-hydrogen) atoms. The van der Waals surface area contributed by atoms with Gasteiger partial charge in [0.25, 0.3) is 0 Å². The summed E-state index contributed by atoms with van der Waals surface area (Å²) < 4.78 is 15.4. The van der Waals surface area contributed by atoms with Crippen LogP contribution in [0.25, 0.3) is 0 Å². The molecular weight excluding hydrogens is 409 g/mol. The van der Waals surface area contributed by atoms with Crippen LogP contribution in [0.4, 0.5) is 0 Å². The first kappa shape index (κ1) is 32.1. The molecule has 0 aromatic rings. The van der Waals surface area contributed by atoms with Crippen molar-refractivity contribution in [1.82, 2.24) is 0 Å². The SMILES string of the molecule is CCCCCCCCCCCCCCCCC(OP(=O)(O)O)C(O)CO.NCCO. The molecular formula is C21H48NO7P. The molecule has 0 aromatic carbocycles. The Morgan fingerprint density at radius 3 is 1.47 bits per heavy atom. The summed E-state index contributed by atoms with van der Waals surface area (Å²) in [5.41, 5.74) is 4.78. The molecule has 0 aliphatic heterocycles. The van der Waals surface area contributed by atoms with E-state index in [0.717, 1.165) is 19.3 Å². The number of aliphatic hydroxyl groups is 3. The lowest BCUT2D eigenvalue weighted by Gasteiger charge is -2.21. The number of aliphatic hydroxyl groups excluding tert-OH is 3. The number of nitrogens with two attached hydrogens (primary N) is 1. The summed E-state index contributed by atoms with van der Waals surface area (Å²) in [7, 11) is -4.65. The molecule has 0 aliphatic rings. The Morgan fingerprint density at radius 2 is 1.17 bits per heavy atom. The summed E-state index contributed by atoms with van der Waals surface area (Å²) >= 11 is 0. The first-order chi connectivity index (χ1) is 14.3. The lowest BCUT2D eigenvalue weighted by Crippen LogP contribution is -2.31. The summed E-state index contributed by atoms with van der Waals surface area (Å²) in [4.78, 5) is 17.7. The Hall–Kier alpha value is -0.0500. The molecule has 2 atom stereocenters. The number of phosphoric acid groups is 1. The summed E-state index contributed by atoms with van der Waals surface area (Å²) in [5, 5.41) is 26.3. The maximum absolute atomic E-state index is 10.9. The van der Waals surface area contributed by atoms with E-state index in [2.05, 4.69) is 11.4 Å². The molecule has 0 saturated heterocycles. The first-order valence-electron chi connectivity index (χ1n) is 11.7. The van der Waals surface area contributed by atoms with Gasteiger partial charge in [0, 0.05) is 6.54 Å². The third kappa shape index (κ3) is 26.0. The van der Waals surface area contributed by atoms with Crippen molar-refractivity contribution in [2.45, 2.75) is 115 Å². The van der Waals surface area contributed by atoms with Crippen LogP contribution in [0.5, 0.6) is 0 Å². The molecule has 2 unspecified atom stereocenters. The number of hydrogen-bond acceptors (Lipinski definition) is 6. The molecule has 0 bridgehead atoms. The van der Waals surface area contributed by atoms with Crippen molar-refractivity contribution < 1.29 is 34.2 Å². The summed E-state index contributed by atoms with van der Waals surface area (Å²) in [5.74, 6) is 0. The fourth-order valence-corrected chi connectivity index (χ4v) is 3.75. The highest BCUT2D eigenvalue weighted by Crippen LogP contribution is 2.39. The fraction of sp³-hybridized carbons (Fsp3) is 1.00. The van der Waals surface area contributed by atoms with Gasteiger partial charge in [0.05, 0.1) is 19.3 Å². The molecule has 0 spiro atoms. The Bertz CT molecular complexity index is 380. The average Bonchev–Trinajstić information content (AvgIpc) is 2.71. The molecule has 0 rings (SSSR count). The van der Waals surface area contributed by atoms with Crippen LogP contribution >= 0.6 is 7.82 Å². The van der Waals surface area contributed by atoms with Crippen molar-refractivity contribution in [2.24, 2.45) is 5.73 Å². The Kier molecular flexibility index (Phi) is 25.3. The van der Waals surface area contributed by atoms with E-state index < -0.39 is 26.6 Å². The van der Waals surface area contributed by atoms with Crippen LogP contribution in [0, 0.1) is 0 Å². The van der Waals surface area contributed by atoms with Gasteiger partial charge in [0.2, 0.25) is 0 Å². The molecule has 0 heterocycles. The number of phosphoric ester groups is 1. The van der Waals surface area contributed by atoms with Gasteiger partial charge in [-0.3, -0.25) is 4.52 Å². The monoisotopic (exact) mass is 457 g/mol. The first-order valence-corrected chi connectivity index (χ1v) is 13.2. The zero-order valence-electron chi connectivity index (χ0n) is 19.0. The Balaban J connectivity index is 0. The summed E-state index contributed by atoms with van der Waals surface area (Å²) in [6.07, 6.45) is 15.3. The largest absolute Gasteiger partial charge is 0.469 e. The van der Waals surface area contributed by atoms with Gasteiger partial charge in [0.1, 0.15) is 6.10 Å². The van der Waals surface area contributed by atoms with E-state index in [1.807, 2.05) is 0 Å². The van der Waals surface area contributed by atoms with Crippen molar-refractivity contribution >= 4 is 7.82 Å². The van der Waals surface area contributed by atoms with Crippen LogP contribution in [0.3, 0.4) is 0 Å². The molecule has 0 radical (unpaired) electrons. The van der Waals surface area contributed by atoms with Gasteiger partial charge in [-0.05, 0) is 6.42 Å². The molecule has 7 N–H and O–H groups in total. The highest BCUT2D eigenvalue weighted by atomic mass is 31.2. The van der Waals surface area contributed by atoms with Gasteiger partial charge in [-0.2, -0.15) is 0 Å². The zero-order valence-corrected chi connectivity index (χ0v) is 19.9. The van der Waals surface area contributed by atoms with Crippen molar-refractivity contribution in [2.75, 3.05) is 19.8 Å². The minimum Gasteiger partial charge on any atom is -0.395 e. The Morgan fingerprint density at radius 1 is 0.800 bits per heavy atom. The van der Waals surface area contributed by atoms with Crippen LogP contribution in [-0.2, 0) is 9.09 Å². The van der Waals surface area contributed by atoms with Gasteiger partial charge >= 0.3 is 7.82 Å². The van der Waals surface area contributed by atoms with Gasteiger partial charge in [0.15, 0.2) is 0 Å². The maximum Gasteiger partial charge on any atom is 0.469 e. The molecule has 0 amide bonds. The third-order valence-electron chi connectivity index (χ3n) is 4.86. The topological polar surface area (TPSA) is 153 Å². The normalized spacial score (nSPS) is 13.6. The number of rotatable bonds is 20. The molecule has 0 saturated carbocycles. The van der Waals surface area contributed by atoms with E-state index in [1.54, 1.807) is 0 Å². The molecule has 184 valence electrons. The fourth-order valence-electron chi connectivity index (χ4n) is 3.15. The molecule has 0 aromatic heterocycles. The second kappa shape index (κ2) is 23.6. The minimum atomic E-state index is -4.65. The molecule has 0 aliphatic carbocycles. The van der Waals surface area contributed by atoms with Crippen LogP contribution in [0.15, 0.2) is 0 Å². The van der Waals surface area contributed by atoms with Crippen molar-refractivity contribution in [1.29, 1.82) is 0 Å². The Labute approximate surface area is 183 Å². The van der Waals surface area contributed by atoms with E-state index >= 15 is 0 Å². The average molecular weight is 458 g/mol. The number of unbranched alkanes of at least 4 members (excludes halogenated alkanes) is 13. The number of hydrogen-bond donors (Lipinski definition) is 6. The van der Waals surface area contributed by atoms with E-state index in [4.69, 9.17) is 25.7 Å². The lowest BCUT2D eigenvalue weighted by molar-refractivity contribution is -0.0179. The summed E-state index contributed by atoms with van der Waals surface area (Å²) in [6, 6.07) is 0. The van der Waals surface area contributed by atoms with E-state index in [0.29, 0.717) is 13.0 Å². The highest BCUT2D eigenvalue weighted by molar-refractivity contribution is 7.46. The third-order valence-corrected chi connectivity index (χ3v) is 5.41. The lowest BCUT2D eigenvalue weighted by atomic mass is 10.0. The van der Waals surface area contributed by atoms with Crippen LogP contribution in [0.2, 0.25) is 0 Å². The van der Waals surface area contributed by atoms with E-state index in [-0.39, 0.29) is 6.61 Å². The zero-order chi connectivity index (χ0) is 23.1. The van der Waals surface area contributed by atoms with Gasteiger partial charge < -0.3 is 30.8 Å². The second-order valence-electron chi connectivity index (χ2n) is 7.78. The predicted octanol–water partition coefficient (Wildman–Crippen LogP) is 3.63. The predicted molar refractivity (Wildman–Crippen MR) is 121 cm³/mol. The molecule has 0 fully saturated rings. The molecule has 8 nitrogen and oxygen atoms in total. The van der Waals surface area contributed by atoms with Gasteiger partial charge in [-0.25, -0.2) is 4.57 Å². The second-order valence-corrected chi connectivity index (χ2v) is 8.97. The smallest absolute Gasteiger partial charge is 0.395 e. The van der Waals surface area contributed by atoms with Crippen LogP contribution in [-0.4, -0.2) is 57.1 Å². The standard InChI is InChI=1S/C19H41O6P.C2H7NO/c1-2-3-4-5-6-7-8-9-10-11-12-13-14-15-16-19(18(21)17-20)25-26(22,23)24;3-1-2-4/h18-21H,2-17H2,1H3,(H2,22,23,24);4H,1-3H2. The van der Waals surface area contributed by atoms with Crippen LogP contribution < -0.4 is 5.73 Å². The van der Waals surface area contributed by atoms with E-state index in [1.165, 1.54) is 70.6 Å². The quantitative estimate of drug-likeness (QED) is 0.120. The van der Waals surface area contributed by atoms with Gasteiger partial charge in [-0.1, -0.05) is 96.8 Å². The summed E-state index contributed by atoms with van der Waals surface area (Å²) in [6.45, 7) is 2.15. The maximum atomic E-state index is 10.9. The van der Waals surface area contributed by atoms with Crippen molar-refractivity contribution in [3.63, 3.8) is 0 Å².